The highest BCUT2D eigenvalue weighted by molar-refractivity contribution is 9.10. The molecule has 1 atom stereocenters. The van der Waals surface area contributed by atoms with Gasteiger partial charge in [-0.25, -0.2) is 0 Å². The first kappa shape index (κ1) is 13.1. The van der Waals surface area contributed by atoms with Crippen molar-refractivity contribution in [3.8, 4) is 0 Å². The van der Waals surface area contributed by atoms with E-state index in [2.05, 4.69) is 46.4 Å². The van der Waals surface area contributed by atoms with Crippen LogP contribution in [0.5, 0.6) is 0 Å². The molecule has 2 aromatic rings. The van der Waals surface area contributed by atoms with Crippen LogP contribution in [0.25, 0.3) is 0 Å². The lowest BCUT2D eigenvalue weighted by molar-refractivity contribution is 0.577. The fourth-order valence-corrected chi connectivity index (χ4v) is 3.29. The van der Waals surface area contributed by atoms with Crippen molar-refractivity contribution in [2.45, 2.75) is 19.5 Å². The van der Waals surface area contributed by atoms with Gasteiger partial charge in [-0.05, 0) is 24.6 Å². The van der Waals surface area contributed by atoms with E-state index in [1.807, 2.05) is 17.5 Å². The van der Waals surface area contributed by atoms with Gasteiger partial charge in [0.2, 0.25) is 0 Å². The second-order valence-corrected chi connectivity index (χ2v) is 6.14. The monoisotopic (exact) mass is 329 g/mol. The molecule has 17 heavy (non-hydrogen) atoms. The third kappa shape index (κ3) is 3.55. The van der Waals surface area contributed by atoms with Crippen LogP contribution in [0, 0.1) is 0 Å². The number of thiophene rings is 1. The second-order valence-electron chi connectivity index (χ2n) is 3.86. The molecule has 90 valence electrons. The Bertz CT molecular complexity index is 498. The summed E-state index contributed by atoms with van der Waals surface area (Å²) in [5.41, 5.74) is 1.27. The van der Waals surface area contributed by atoms with E-state index in [1.54, 1.807) is 11.3 Å². The highest BCUT2D eigenvalue weighted by atomic mass is 79.9. The Morgan fingerprint density at radius 3 is 2.82 bits per heavy atom. The predicted molar refractivity (Wildman–Crippen MR) is 78.7 cm³/mol. The summed E-state index contributed by atoms with van der Waals surface area (Å²) in [6, 6.07) is 10.6. The first-order valence-corrected chi connectivity index (χ1v) is 7.42. The van der Waals surface area contributed by atoms with Gasteiger partial charge in [0.25, 0.3) is 0 Å². The Labute approximate surface area is 119 Å². The average Bonchev–Trinajstić information content (AvgIpc) is 2.73. The van der Waals surface area contributed by atoms with E-state index in [1.165, 1.54) is 10.4 Å². The molecule has 0 unspecified atom stereocenters. The van der Waals surface area contributed by atoms with Gasteiger partial charge in [-0.15, -0.1) is 11.3 Å². The molecule has 1 nitrogen and oxygen atoms in total. The van der Waals surface area contributed by atoms with Gasteiger partial charge in [0.05, 0.1) is 5.02 Å². The summed E-state index contributed by atoms with van der Waals surface area (Å²) >= 11 is 11.1. The van der Waals surface area contributed by atoms with Gasteiger partial charge in [0.15, 0.2) is 0 Å². The van der Waals surface area contributed by atoms with Gasteiger partial charge in [0, 0.05) is 27.3 Å². The van der Waals surface area contributed by atoms with Crippen molar-refractivity contribution >= 4 is 38.9 Å². The third-order valence-electron chi connectivity index (χ3n) is 2.58. The van der Waals surface area contributed by atoms with Crippen LogP contribution in [0.3, 0.4) is 0 Å². The lowest BCUT2D eigenvalue weighted by Crippen LogP contribution is -2.17. The van der Waals surface area contributed by atoms with Gasteiger partial charge < -0.3 is 5.32 Å². The van der Waals surface area contributed by atoms with Crippen LogP contribution in [-0.4, -0.2) is 0 Å². The molecule has 0 saturated heterocycles. The largest absolute Gasteiger partial charge is 0.305 e. The summed E-state index contributed by atoms with van der Waals surface area (Å²) in [5, 5.41) is 6.27. The summed E-state index contributed by atoms with van der Waals surface area (Å²) in [6.45, 7) is 3.01. The van der Waals surface area contributed by atoms with E-state index in [9.17, 15) is 0 Å². The molecule has 1 N–H and O–H groups in total. The third-order valence-corrected chi connectivity index (χ3v) is 4.58. The van der Waals surface area contributed by atoms with Crippen LogP contribution >= 0.6 is 38.9 Å². The Balaban J connectivity index is 1.98. The Kier molecular flexibility index (Phi) is 4.62. The van der Waals surface area contributed by atoms with Crippen molar-refractivity contribution in [2.75, 3.05) is 0 Å². The highest BCUT2D eigenvalue weighted by Gasteiger charge is 2.08. The summed E-state index contributed by atoms with van der Waals surface area (Å²) in [5.74, 6) is 0. The Hall–Kier alpha value is -0.350. The topological polar surface area (TPSA) is 12.0 Å². The summed E-state index contributed by atoms with van der Waals surface area (Å²) in [7, 11) is 0. The smallest absolute Gasteiger partial charge is 0.0516 e. The van der Waals surface area contributed by atoms with Crippen LogP contribution in [0.15, 0.2) is 40.2 Å². The molecule has 0 aliphatic heterocycles. The zero-order chi connectivity index (χ0) is 12.3. The molecule has 2 rings (SSSR count). The minimum Gasteiger partial charge on any atom is -0.305 e. The predicted octanol–water partition coefficient (Wildman–Crippen LogP) is 5.01. The van der Waals surface area contributed by atoms with Crippen molar-refractivity contribution in [3.63, 3.8) is 0 Å². The van der Waals surface area contributed by atoms with Crippen molar-refractivity contribution in [1.29, 1.82) is 0 Å². The van der Waals surface area contributed by atoms with Gasteiger partial charge >= 0.3 is 0 Å². The van der Waals surface area contributed by atoms with Gasteiger partial charge in [-0.2, -0.15) is 0 Å². The maximum Gasteiger partial charge on any atom is 0.0516 e. The molecule has 0 radical (unpaired) electrons. The lowest BCUT2D eigenvalue weighted by Gasteiger charge is -2.15. The SMILES string of the molecule is C[C@H](NCc1cc(Cl)cs1)c1ccccc1Br. The molecule has 1 aromatic carbocycles. The molecule has 1 heterocycles. The standard InChI is InChI=1S/C13H13BrClNS/c1-9(12-4-2-3-5-13(12)14)16-7-11-6-10(15)8-17-11/h2-6,8-9,16H,7H2,1H3/t9-/m0/s1. The zero-order valence-electron chi connectivity index (χ0n) is 9.41. The molecule has 0 aliphatic rings. The van der Waals surface area contributed by atoms with E-state index in [4.69, 9.17) is 11.6 Å². The molecular weight excluding hydrogens is 318 g/mol. The van der Waals surface area contributed by atoms with Crippen LogP contribution in [0.4, 0.5) is 0 Å². The van der Waals surface area contributed by atoms with Crippen molar-refractivity contribution in [2.24, 2.45) is 0 Å². The normalized spacial score (nSPS) is 12.6. The summed E-state index contributed by atoms with van der Waals surface area (Å²) in [6.07, 6.45) is 0. The Morgan fingerprint density at radius 2 is 2.18 bits per heavy atom. The minimum atomic E-state index is 0.312. The van der Waals surface area contributed by atoms with Crippen LogP contribution in [-0.2, 0) is 6.54 Å². The first-order valence-electron chi connectivity index (χ1n) is 5.37. The minimum absolute atomic E-state index is 0.312. The van der Waals surface area contributed by atoms with E-state index >= 15 is 0 Å². The lowest BCUT2D eigenvalue weighted by atomic mass is 10.1. The van der Waals surface area contributed by atoms with Crippen molar-refractivity contribution in [1.82, 2.24) is 5.32 Å². The summed E-state index contributed by atoms with van der Waals surface area (Å²) in [4.78, 5) is 1.26. The quantitative estimate of drug-likeness (QED) is 0.830. The molecule has 0 amide bonds. The number of nitrogens with one attached hydrogen (secondary N) is 1. The van der Waals surface area contributed by atoms with E-state index < -0.39 is 0 Å². The number of hydrogen-bond acceptors (Lipinski definition) is 2. The molecule has 0 aliphatic carbocycles. The maximum atomic E-state index is 5.89. The number of hydrogen-bond donors (Lipinski definition) is 1. The zero-order valence-corrected chi connectivity index (χ0v) is 12.6. The Morgan fingerprint density at radius 1 is 1.41 bits per heavy atom. The van der Waals surface area contributed by atoms with Crippen molar-refractivity contribution < 1.29 is 0 Å². The fourth-order valence-electron chi connectivity index (χ4n) is 1.64. The van der Waals surface area contributed by atoms with Crippen LogP contribution in [0.2, 0.25) is 5.02 Å². The molecule has 1 aromatic heterocycles. The fraction of sp³-hybridized carbons (Fsp3) is 0.231. The molecule has 0 saturated carbocycles. The van der Waals surface area contributed by atoms with Gasteiger partial charge in [-0.3, -0.25) is 0 Å². The second kappa shape index (κ2) is 6.01. The van der Waals surface area contributed by atoms with Crippen LogP contribution in [0.1, 0.15) is 23.4 Å². The van der Waals surface area contributed by atoms with Gasteiger partial charge in [0.1, 0.15) is 0 Å². The van der Waals surface area contributed by atoms with Crippen LogP contribution < -0.4 is 5.32 Å². The molecule has 4 heteroatoms. The number of benzene rings is 1. The number of halogens is 2. The maximum absolute atomic E-state index is 5.89. The first-order chi connectivity index (χ1) is 8.16. The van der Waals surface area contributed by atoms with Crippen molar-refractivity contribution in [3.05, 3.63) is 55.6 Å². The summed E-state index contributed by atoms with van der Waals surface area (Å²) < 4.78 is 1.14. The van der Waals surface area contributed by atoms with E-state index in [-0.39, 0.29) is 0 Å². The van der Waals surface area contributed by atoms with E-state index in [0.29, 0.717) is 6.04 Å². The molecule has 0 fully saturated rings. The van der Waals surface area contributed by atoms with Gasteiger partial charge in [-0.1, -0.05) is 45.7 Å². The highest BCUT2D eigenvalue weighted by Crippen LogP contribution is 2.24. The molecule has 0 bridgehead atoms. The average molecular weight is 331 g/mol. The van der Waals surface area contributed by atoms with E-state index in [0.717, 1.165) is 16.0 Å². The molecular formula is C13H13BrClNS. The molecule has 0 spiro atoms. The number of rotatable bonds is 4.